The molecule has 5 rings (SSSR count). The number of hydrogen-bond acceptors (Lipinski definition) is 3. The Morgan fingerprint density at radius 2 is 1.74 bits per heavy atom. The molecule has 1 aliphatic rings. The lowest BCUT2D eigenvalue weighted by Gasteiger charge is -2.10. The van der Waals surface area contributed by atoms with E-state index in [0.717, 1.165) is 33.2 Å². The van der Waals surface area contributed by atoms with E-state index in [0.29, 0.717) is 11.3 Å². The summed E-state index contributed by atoms with van der Waals surface area (Å²) in [6, 6.07) is 19.4. The highest BCUT2D eigenvalue weighted by Gasteiger charge is 2.31. The molecule has 1 amide bonds. The minimum absolute atomic E-state index is 0.0718. The van der Waals surface area contributed by atoms with Crippen molar-refractivity contribution in [2.24, 2.45) is 0 Å². The van der Waals surface area contributed by atoms with Crippen molar-refractivity contribution in [2.45, 2.75) is 25.9 Å². The number of anilines is 1. The Morgan fingerprint density at radius 3 is 2.63 bits per heavy atom. The zero-order chi connectivity index (χ0) is 18.5. The molecule has 1 aliphatic heterocycles. The van der Waals surface area contributed by atoms with Crippen molar-refractivity contribution >= 4 is 33.5 Å². The van der Waals surface area contributed by atoms with Crippen LogP contribution in [0.2, 0.25) is 0 Å². The van der Waals surface area contributed by atoms with Crippen molar-refractivity contribution in [3.05, 3.63) is 71.8 Å². The lowest BCUT2D eigenvalue weighted by molar-refractivity contribution is 0.102. The maximum absolute atomic E-state index is 12.9. The van der Waals surface area contributed by atoms with Gasteiger partial charge in [-0.1, -0.05) is 37.3 Å². The van der Waals surface area contributed by atoms with Crippen LogP contribution in [0.3, 0.4) is 0 Å². The first-order chi connectivity index (χ1) is 13.1. The molecule has 2 unspecified atom stereocenters. The topological polar surface area (TPSA) is 51.5 Å². The standard InChI is InChI=1S/C23H19NO3/c1-13-14(2)26-22-16(13)7-5-8-18(22)23(25)24-15-10-11-21-19(12-15)17-6-3-4-9-20(17)27-21/h3-14H,1-2H3,(H,24,25). The van der Waals surface area contributed by atoms with E-state index in [1.165, 1.54) is 0 Å². The molecule has 0 radical (unpaired) electrons. The van der Waals surface area contributed by atoms with Gasteiger partial charge in [-0.05, 0) is 37.3 Å². The third-order valence-electron chi connectivity index (χ3n) is 5.42. The molecule has 0 bridgehead atoms. The van der Waals surface area contributed by atoms with Crippen LogP contribution in [0.15, 0.2) is 65.1 Å². The molecular formula is C23H19NO3. The fourth-order valence-corrected chi connectivity index (χ4v) is 3.77. The predicted octanol–water partition coefficient (Wildman–Crippen LogP) is 5.72. The highest BCUT2D eigenvalue weighted by atomic mass is 16.5. The first-order valence-electron chi connectivity index (χ1n) is 9.14. The number of ether oxygens (including phenoxy) is 1. The largest absolute Gasteiger partial charge is 0.489 e. The van der Waals surface area contributed by atoms with Crippen LogP contribution in [-0.4, -0.2) is 12.0 Å². The molecule has 4 heteroatoms. The van der Waals surface area contributed by atoms with Crippen molar-refractivity contribution in [2.75, 3.05) is 5.32 Å². The van der Waals surface area contributed by atoms with E-state index in [-0.39, 0.29) is 17.9 Å². The van der Waals surface area contributed by atoms with E-state index in [4.69, 9.17) is 9.15 Å². The fraction of sp³-hybridized carbons (Fsp3) is 0.174. The molecular weight excluding hydrogens is 338 g/mol. The summed E-state index contributed by atoms with van der Waals surface area (Å²) in [5.41, 5.74) is 4.04. The molecule has 1 N–H and O–H groups in total. The van der Waals surface area contributed by atoms with Crippen molar-refractivity contribution in [3.63, 3.8) is 0 Å². The normalized spacial score (nSPS) is 18.4. The van der Waals surface area contributed by atoms with Crippen LogP contribution in [0.4, 0.5) is 5.69 Å². The van der Waals surface area contributed by atoms with E-state index < -0.39 is 0 Å². The number of carbonyl (C=O) groups is 1. The van der Waals surface area contributed by atoms with Crippen LogP contribution in [0, 0.1) is 0 Å². The lowest BCUT2D eigenvalue weighted by Crippen LogP contribution is -2.14. The van der Waals surface area contributed by atoms with Gasteiger partial charge in [0, 0.05) is 27.9 Å². The van der Waals surface area contributed by atoms with Crippen molar-refractivity contribution in [1.82, 2.24) is 0 Å². The summed E-state index contributed by atoms with van der Waals surface area (Å²) in [5, 5.41) is 5.03. The summed E-state index contributed by atoms with van der Waals surface area (Å²) in [5.74, 6) is 0.812. The summed E-state index contributed by atoms with van der Waals surface area (Å²) in [7, 11) is 0. The SMILES string of the molecule is CC1Oc2c(C(=O)Nc3ccc4oc5ccccc5c4c3)cccc2C1C. The molecule has 4 aromatic rings. The molecule has 2 atom stereocenters. The summed E-state index contributed by atoms with van der Waals surface area (Å²) in [6.45, 7) is 4.15. The average Bonchev–Trinajstić information content (AvgIpc) is 3.19. The quantitative estimate of drug-likeness (QED) is 0.499. The van der Waals surface area contributed by atoms with Gasteiger partial charge in [-0.15, -0.1) is 0 Å². The molecule has 0 aliphatic carbocycles. The van der Waals surface area contributed by atoms with Gasteiger partial charge < -0.3 is 14.5 Å². The predicted molar refractivity (Wildman–Crippen MR) is 107 cm³/mol. The third kappa shape index (κ3) is 2.48. The minimum atomic E-state index is -0.166. The molecule has 0 fully saturated rings. The summed E-state index contributed by atoms with van der Waals surface area (Å²) in [6.07, 6.45) is 0.0718. The maximum atomic E-state index is 12.9. The molecule has 27 heavy (non-hydrogen) atoms. The van der Waals surface area contributed by atoms with E-state index in [1.807, 2.05) is 67.6 Å². The number of nitrogens with one attached hydrogen (secondary N) is 1. The van der Waals surface area contributed by atoms with Gasteiger partial charge in [0.1, 0.15) is 23.0 Å². The van der Waals surface area contributed by atoms with E-state index in [1.54, 1.807) is 0 Å². The monoisotopic (exact) mass is 357 g/mol. The van der Waals surface area contributed by atoms with Crippen LogP contribution >= 0.6 is 0 Å². The average molecular weight is 357 g/mol. The van der Waals surface area contributed by atoms with Gasteiger partial charge in [-0.3, -0.25) is 4.79 Å². The van der Waals surface area contributed by atoms with Crippen molar-refractivity contribution in [1.29, 1.82) is 0 Å². The van der Waals surface area contributed by atoms with Crippen molar-refractivity contribution in [3.8, 4) is 5.75 Å². The van der Waals surface area contributed by atoms with E-state index >= 15 is 0 Å². The highest BCUT2D eigenvalue weighted by Crippen LogP contribution is 2.40. The van der Waals surface area contributed by atoms with Gasteiger partial charge in [-0.25, -0.2) is 0 Å². The summed E-state index contributed by atoms with van der Waals surface area (Å²) < 4.78 is 11.8. The molecule has 2 heterocycles. The summed E-state index contributed by atoms with van der Waals surface area (Å²) in [4.78, 5) is 12.9. The molecule has 4 nitrogen and oxygen atoms in total. The van der Waals surface area contributed by atoms with Gasteiger partial charge in [-0.2, -0.15) is 0 Å². The third-order valence-corrected chi connectivity index (χ3v) is 5.42. The number of amides is 1. The lowest BCUT2D eigenvalue weighted by atomic mass is 9.97. The number of para-hydroxylation sites is 2. The smallest absolute Gasteiger partial charge is 0.259 e. The minimum Gasteiger partial charge on any atom is -0.489 e. The first-order valence-corrected chi connectivity index (χ1v) is 9.14. The summed E-state index contributed by atoms with van der Waals surface area (Å²) >= 11 is 0. The zero-order valence-corrected chi connectivity index (χ0v) is 15.2. The molecule has 0 saturated carbocycles. The number of carbonyl (C=O) groups excluding carboxylic acids is 1. The number of fused-ring (bicyclic) bond motifs is 4. The van der Waals surface area contributed by atoms with Gasteiger partial charge in [0.25, 0.3) is 5.91 Å². The van der Waals surface area contributed by atoms with Crippen LogP contribution in [0.25, 0.3) is 21.9 Å². The maximum Gasteiger partial charge on any atom is 0.259 e. The molecule has 134 valence electrons. The Labute approximate surface area is 156 Å². The Balaban J connectivity index is 1.51. The van der Waals surface area contributed by atoms with E-state index in [9.17, 15) is 4.79 Å². The number of hydrogen-bond donors (Lipinski definition) is 1. The van der Waals surface area contributed by atoms with Crippen LogP contribution in [0.5, 0.6) is 5.75 Å². The number of furan rings is 1. The second-order valence-electron chi connectivity index (χ2n) is 7.10. The zero-order valence-electron chi connectivity index (χ0n) is 15.2. The highest BCUT2D eigenvalue weighted by molar-refractivity contribution is 6.10. The molecule has 0 saturated heterocycles. The Hall–Kier alpha value is -3.27. The number of benzene rings is 3. The van der Waals surface area contributed by atoms with Crippen LogP contribution < -0.4 is 10.1 Å². The Kier molecular flexibility index (Phi) is 3.47. The van der Waals surface area contributed by atoms with Crippen LogP contribution in [-0.2, 0) is 0 Å². The van der Waals surface area contributed by atoms with Crippen molar-refractivity contribution < 1.29 is 13.9 Å². The fourth-order valence-electron chi connectivity index (χ4n) is 3.77. The van der Waals surface area contributed by atoms with Gasteiger partial charge in [0.05, 0.1) is 5.56 Å². The first kappa shape index (κ1) is 15.9. The van der Waals surface area contributed by atoms with Crippen LogP contribution in [0.1, 0.15) is 35.7 Å². The second kappa shape index (κ2) is 5.88. The molecule has 3 aromatic carbocycles. The van der Waals surface area contributed by atoms with Gasteiger partial charge in [0.2, 0.25) is 0 Å². The molecule has 1 aromatic heterocycles. The Morgan fingerprint density at radius 1 is 0.926 bits per heavy atom. The molecule has 0 spiro atoms. The Bertz CT molecular complexity index is 1190. The second-order valence-corrected chi connectivity index (χ2v) is 7.10. The van der Waals surface area contributed by atoms with E-state index in [2.05, 4.69) is 12.2 Å². The number of rotatable bonds is 2. The van der Waals surface area contributed by atoms with Gasteiger partial charge in [0.15, 0.2) is 0 Å². The van der Waals surface area contributed by atoms with Gasteiger partial charge >= 0.3 is 0 Å².